The number of amides is 1. The molecule has 0 heterocycles. The number of hydrogen-bond donors (Lipinski definition) is 2. The van der Waals surface area contributed by atoms with E-state index in [1.165, 1.54) is 32.1 Å². The fourth-order valence-corrected chi connectivity index (χ4v) is 3.69. The summed E-state index contributed by atoms with van der Waals surface area (Å²) < 4.78 is 5.13. The molecule has 1 aromatic rings. The van der Waals surface area contributed by atoms with Gasteiger partial charge in [0, 0.05) is 6.04 Å². The number of aliphatic hydroxyl groups excluding tert-OH is 1. The first kappa shape index (κ1) is 15.3. The normalized spacial score (nSPS) is 26.3. The van der Waals surface area contributed by atoms with Crippen molar-refractivity contribution >= 4 is 5.91 Å². The zero-order valence-corrected chi connectivity index (χ0v) is 13.1. The van der Waals surface area contributed by atoms with Gasteiger partial charge in [0.1, 0.15) is 5.75 Å². The number of benzene rings is 1. The third-order valence-corrected chi connectivity index (χ3v) is 5.08. The third kappa shape index (κ3) is 3.43. The lowest BCUT2D eigenvalue weighted by Crippen LogP contribution is -2.33. The summed E-state index contributed by atoms with van der Waals surface area (Å²) >= 11 is 0. The Labute approximate surface area is 131 Å². The lowest BCUT2D eigenvalue weighted by Gasteiger charge is -2.22. The first-order valence-electron chi connectivity index (χ1n) is 8.31. The van der Waals surface area contributed by atoms with Gasteiger partial charge < -0.3 is 15.2 Å². The number of carbonyl (C=O) groups excluding carboxylic acids is 1. The van der Waals surface area contributed by atoms with Gasteiger partial charge in [-0.2, -0.15) is 0 Å². The van der Waals surface area contributed by atoms with E-state index in [0.717, 1.165) is 12.3 Å². The lowest BCUT2D eigenvalue weighted by molar-refractivity contribution is -0.129. The molecule has 2 aliphatic carbocycles. The lowest BCUT2D eigenvalue weighted by atomic mass is 9.85. The SMILES string of the molecule is COc1cccc(C(O)C(=O)NC2CC2C2CCCCC2)c1. The van der Waals surface area contributed by atoms with Crippen molar-refractivity contribution in [1.82, 2.24) is 5.32 Å². The van der Waals surface area contributed by atoms with E-state index in [9.17, 15) is 9.90 Å². The maximum Gasteiger partial charge on any atom is 0.253 e. The van der Waals surface area contributed by atoms with Crippen molar-refractivity contribution in [3.8, 4) is 5.75 Å². The van der Waals surface area contributed by atoms with Crippen LogP contribution in [0, 0.1) is 11.8 Å². The molecular weight excluding hydrogens is 278 g/mol. The highest BCUT2D eigenvalue weighted by molar-refractivity contribution is 5.82. The van der Waals surface area contributed by atoms with E-state index in [1.54, 1.807) is 31.4 Å². The summed E-state index contributed by atoms with van der Waals surface area (Å²) in [4.78, 5) is 12.2. The Kier molecular flexibility index (Phi) is 4.67. The van der Waals surface area contributed by atoms with Gasteiger partial charge in [0.25, 0.3) is 5.91 Å². The maximum atomic E-state index is 12.2. The standard InChI is InChI=1S/C18H25NO3/c1-22-14-9-5-8-13(10-14)17(20)18(21)19-16-11-15(16)12-6-3-2-4-7-12/h5,8-10,12,15-17,20H,2-4,6-7,11H2,1H3,(H,19,21). The van der Waals surface area contributed by atoms with E-state index in [-0.39, 0.29) is 11.9 Å². The average Bonchev–Trinajstić information content (AvgIpc) is 3.34. The molecule has 0 aliphatic heterocycles. The van der Waals surface area contributed by atoms with Crippen molar-refractivity contribution in [3.63, 3.8) is 0 Å². The van der Waals surface area contributed by atoms with Gasteiger partial charge in [0.05, 0.1) is 7.11 Å². The molecular formula is C18H25NO3. The predicted octanol–water partition coefficient (Wildman–Crippen LogP) is 2.81. The van der Waals surface area contributed by atoms with Crippen LogP contribution in [0.15, 0.2) is 24.3 Å². The first-order valence-corrected chi connectivity index (χ1v) is 8.31. The molecule has 120 valence electrons. The highest BCUT2D eigenvalue weighted by Crippen LogP contribution is 2.44. The van der Waals surface area contributed by atoms with Crippen molar-refractivity contribution < 1.29 is 14.6 Å². The fraction of sp³-hybridized carbons (Fsp3) is 0.611. The van der Waals surface area contributed by atoms with Gasteiger partial charge in [-0.3, -0.25) is 4.79 Å². The summed E-state index contributed by atoms with van der Waals surface area (Å²) in [5, 5.41) is 13.2. The second-order valence-corrected chi connectivity index (χ2v) is 6.59. The van der Waals surface area contributed by atoms with Crippen LogP contribution in [-0.4, -0.2) is 24.2 Å². The van der Waals surface area contributed by atoms with E-state index in [0.29, 0.717) is 17.2 Å². The Balaban J connectivity index is 1.53. The molecule has 0 aromatic heterocycles. The number of methoxy groups -OCH3 is 1. The van der Waals surface area contributed by atoms with Crippen molar-refractivity contribution in [2.75, 3.05) is 7.11 Å². The van der Waals surface area contributed by atoms with Crippen LogP contribution < -0.4 is 10.1 Å². The molecule has 22 heavy (non-hydrogen) atoms. The first-order chi connectivity index (χ1) is 10.7. The van der Waals surface area contributed by atoms with Crippen molar-refractivity contribution in [1.29, 1.82) is 0 Å². The minimum atomic E-state index is -1.12. The molecule has 0 saturated heterocycles. The highest BCUT2D eigenvalue weighted by atomic mass is 16.5. The molecule has 2 fully saturated rings. The maximum absolute atomic E-state index is 12.2. The number of aliphatic hydroxyl groups is 1. The second-order valence-electron chi connectivity index (χ2n) is 6.59. The van der Waals surface area contributed by atoms with E-state index in [2.05, 4.69) is 5.32 Å². The average molecular weight is 303 g/mol. The van der Waals surface area contributed by atoms with Crippen LogP contribution in [-0.2, 0) is 4.79 Å². The smallest absolute Gasteiger partial charge is 0.253 e. The van der Waals surface area contributed by atoms with Crippen LogP contribution in [0.3, 0.4) is 0 Å². The van der Waals surface area contributed by atoms with Gasteiger partial charge in [-0.15, -0.1) is 0 Å². The molecule has 1 aromatic carbocycles. The zero-order valence-electron chi connectivity index (χ0n) is 13.1. The Morgan fingerprint density at radius 1 is 1.32 bits per heavy atom. The number of carbonyl (C=O) groups is 1. The largest absolute Gasteiger partial charge is 0.497 e. The minimum absolute atomic E-state index is 0.260. The molecule has 0 radical (unpaired) electrons. The van der Waals surface area contributed by atoms with Gasteiger partial charge in [0.15, 0.2) is 6.10 Å². The molecule has 1 amide bonds. The summed E-state index contributed by atoms with van der Waals surface area (Å²) in [6.45, 7) is 0. The molecule has 4 nitrogen and oxygen atoms in total. The van der Waals surface area contributed by atoms with Crippen LogP contribution in [0.1, 0.15) is 50.2 Å². The molecule has 2 N–H and O–H groups in total. The van der Waals surface area contributed by atoms with E-state index < -0.39 is 6.10 Å². The van der Waals surface area contributed by atoms with Crippen LogP contribution in [0.5, 0.6) is 5.75 Å². The number of nitrogens with one attached hydrogen (secondary N) is 1. The van der Waals surface area contributed by atoms with Crippen LogP contribution in [0.2, 0.25) is 0 Å². The Hall–Kier alpha value is -1.55. The van der Waals surface area contributed by atoms with Crippen molar-refractivity contribution in [2.24, 2.45) is 11.8 Å². The van der Waals surface area contributed by atoms with E-state index in [1.807, 2.05) is 0 Å². The van der Waals surface area contributed by atoms with Gasteiger partial charge in [0.2, 0.25) is 0 Å². The quantitative estimate of drug-likeness (QED) is 0.879. The second kappa shape index (κ2) is 6.69. The number of ether oxygens (including phenoxy) is 1. The van der Waals surface area contributed by atoms with Gasteiger partial charge >= 0.3 is 0 Å². The summed E-state index contributed by atoms with van der Waals surface area (Å²) in [5.74, 6) is 1.75. The molecule has 0 bridgehead atoms. The minimum Gasteiger partial charge on any atom is -0.497 e. The number of rotatable bonds is 5. The summed E-state index contributed by atoms with van der Waals surface area (Å²) in [6.07, 6.45) is 6.56. The fourth-order valence-electron chi connectivity index (χ4n) is 3.69. The summed E-state index contributed by atoms with van der Waals surface area (Å²) in [7, 11) is 1.57. The zero-order chi connectivity index (χ0) is 15.5. The molecule has 4 heteroatoms. The topological polar surface area (TPSA) is 58.6 Å². The van der Waals surface area contributed by atoms with Gasteiger partial charge in [-0.25, -0.2) is 0 Å². The molecule has 0 spiro atoms. The Morgan fingerprint density at radius 3 is 2.82 bits per heavy atom. The molecule has 3 atom stereocenters. The highest BCUT2D eigenvalue weighted by Gasteiger charge is 2.44. The Bertz CT molecular complexity index is 525. The van der Waals surface area contributed by atoms with Crippen LogP contribution in [0.4, 0.5) is 0 Å². The van der Waals surface area contributed by atoms with E-state index >= 15 is 0 Å². The van der Waals surface area contributed by atoms with Crippen molar-refractivity contribution in [3.05, 3.63) is 29.8 Å². The molecule has 2 aliphatic rings. The molecule has 3 rings (SSSR count). The summed E-state index contributed by atoms with van der Waals surface area (Å²) in [6, 6.07) is 7.30. The monoisotopic (exact) mass is 303 g/mol. The Morgan fingerprint density at radius 2 is 2.09 bits per heavy atom. The molecule has 2 saturated carbocycles. The van der Waals surface area contributed by atoms with Gasteiger partial charge in [-0.1, -0.05) is 44.2 Å². The molecule has 3 unspecified atom stereocenters. The van der Waals surface area contributed by atoms with Gasteiger partial charge in [-0.05, 0) is 36.0 Å². The third-order valence-electron chi connectivity index (χ3n) is 5.08. The van der Waals surface area contributed by atoms with Crippen LogP contribution >= 0.6 is 0 Å². The van der Waals surface area contributed by atoms with Crippen molar-refractivity contribution in [2.45, 2.75) is 50.7 Å². The number of hydrogen-bond acceptors (Lipinski definition) is 3. The summed E-state index contributed by atoms with van der Waals surface area (Å²) in [5.41, 5.74) is 0.576. The van der Waals surface area contributed by atoms with Crippen LogP contribution in [0.25, 0.3) is 0 Å². The van der Waals surface area contributed by atoms with E-state index in [4.69, 9.17) is 4.74 Å². The predicted molar refractivity (Wildman–Crippen MR) is 84.6 cm³/mol.